The molecule has 15 heteroatoms. The number of hydrogen-bond donors (Lipinski definition) is 4. The van der Waals surface area contributed by atoms with Gasteiger partial charge < -0.3 is 30.6 Å². The number of unbranched alkanes of at least 4 members (excludes halogenated alkanes) is 3. The fourth-order valence-electron chi connectivity index (χ4n) is 8.50. The lowest BCUT2D eigenvalue weighted by Gasteiger charge is -2.45. The minimum Gasteiger partial charge on any atom is -0.481 e. The highest BCUT2D eigenvalue weighted by molar-refractivity contribution is 7.09. The quantitative estimate of drug-likeness (QED) is 0.0412. The number of aldehydes is 1. The van der Waals surface area contributed by atoms with Crippen LogP contribution in [0.5, 0.6) is 0 Å². The van der Waals surface area contributed by atoms with Crippen molar-refractivity contribution in [2.45, 2.75) is 156 Å². The molecule has 348 valence electrons. The van der Waals surface area contributed by atoms with Crippen molar-refractivity contribution in [1.82, 2.24) is 25.4 Å². The van der Waals surface area contributed by atoms with E-state index in [-0.39, 0.29) is 54.9 Å². The summed E-state index contributed by atoms with van der Waals surface area (Å²) in [7, 11) is 3.58. The molecule has 0 bridgehead atoms. The van der Waals surface area contributed by atoms with Crippen molar-refractivity contribution in [3.05, 3.63) is 45.7 Å². The summed E-state index contributed by atoms with van der Waals surface area (Å²) in [4.78, 5) is 75.3. The summed E-state index contributed by atoms with van der Waals surface area (Å²) in [5.74, 6) is -2.45. The van der Waals surface area contributed by atoms with Crippen LogP contribution in [0.2, 0.25) is 0 Å². The van der Waals surface area contributed by atoms with E-state index in [1.54, 1.807) is 38.4 Å². The maximum Gasteiger partial charge on any atom is 0.309 e. The van der Waals surface area contributed by atoms with Gasteiger partial charge in [0.1, 0.15) is 28.3 Å². The van der Waals surface area contributed by atoms with Crippen LogP contribution in [0.15, 0.2) is 23.6 Å². The zero-order valence-corrected chi connectivity index (χ0v) is 40.0. The monoisotopic (exact) mass is 887 g/mol. The fraction of sp³-hybridized carbons (Fsp3) is 0.702. The smallest absolute Gasteiger partial charge is 0.309 e. The fourth-order valence-corrected chi connectivity index (χ4v) is 9.33. The zero-order valence-electron chi connectivity index (χ0n) is 39.1. The molecule has 13 nitrogen and oxygen atoms in total. The van der Waals surface area contributed by atoms with Gasteiger partial charge in [-0.25, -0.2) is 9.37 Å². The predicted molar refractivity (Wildman–Crippen MR) is 244 cm³/mol. The molecule has 1 aliphatic rings. The second-order valence-corrected chi connectivity index (χ2v) is 19.6. The first-order valence-electron chi connectivity index (χ1n) is 22.6. The first kappa shape index (κ1) is 52.4. The molecule has 0 saturated carbocycles. The number of ether oxygens (including phenoxy) is 1. The number of benzene rings is 1. The number of nitrogens with zero attached hydrogens (tertiary/aromatic N) is 3. The largest absolute Gasteiger partial charge is 0.481 e. The Morgan fingerprint density at radius 1 is 1.15 bits per heavy atom. The van der Waals surface area contributed by atoms with Crippen LogP contribution in [-0.4, -0.2) is 107 Å². The molecule has 0 aliphatic carbocycles. The number of piperidine rings is 1. The maximum atomic E-state index is 14.7. The number of likely N-dealkylation sites (tertiary alicyclic amines) is 1. The van der Waals surface area contributed by atoms with Gasteiger partial charge in [0.05, 0.1) is 17.1 Å². The molecule has 0 unspecified atom stereocenters. The highest BCUT2D eigenvalue weighted by Gasteiger charge is 2.43. The lowest BCUT2D eigenvalue weighted by molar-refractivity contribution is -0.149. The number of esters is 1. The summed E-state index contributed by atoms with van der Waals surface area (Å²) in [6.45, 7) is 18.8. The number of carboxylic acid groups (broad SMARTS) is 1. The molecule has 1 aromatic heterocycles. The molecule has 1 aliphatic heterocycles. The second-order valence-electron chi connectivity index (χ2n) is 18.7. The van der Waals surface area contributed by atoms with Gasteiger partial charge in [-0.2, -0.15) is 0 Å². The van der Waals surface area contributed by atoms with Crippen LogP contribution in [0.4, 0.5) is 10.1 Å². The minimum atomic E-state index is -1.20. The van der Waals surface area contributed by atoms with Crippen LogP contribution in [-0.2, 0) is 30.3 Å². The molecule has 2 heterocycles. The Labute approximate surface area is 373 Å². The molecule has 0 radical (unpaired) electrons. The Kier molecular flexibility index (Phi) is 20.5. The zero-order chi connectivity index (χ0) is 46.4. The third-order valence-corrected chi connectivity index (χ3v) is 13.7. The van der Waals surface area contributed by atoms with Crippen LogP contribution in [0.25, 0.3) is 0 Å². The number of likely N-dealkylation sites (N-methyl/N-ethyl adjacent to an activating group) is 1. The van der Waals surface area contributed by atoms with Crippen molar-refractivity contribution >= 4 is 47.1 Å². The van der Waals surface area contributed by atoms with E-state index in [0.717, 1.165) is 51.4 Å². The third-order valence-electron chi connectivity index (χ3n) is 12.7. The molecule has 4 N–H and O–H groups in total. The minimum absolute atomic E-state index is 0.0228. The van der Waals surface area contributed by atoms with E-state index in [2.05, 4.69) is 53.4 Å². The Hall–Kier alpha value is -3.95. The van der Waals surface area contributed by atoms with Crippen LogP contribution < -0.4 is 16.0 Å². The van der Waals surface area contributed by atoms with E-state index in [0.29, 0.717) is 41.6 Å². The maximum absolute atomic E-state index is 14.7. The lowest BCUT2D eigenvalue weighted by Crippen LogP contribution is -2.65. The van der Waals surface area contributed by atoms with Crippen molar-refractivity contribution in [3.8, 4) is 0 Å². The number of carboxylic acids is 1. The van der Waals surface area contributed by atoms with Crippen LogP contribution in [0.3, 0.4) is 0 Å². The Morgan fingerprint density at radius 3 is 2.44 bits per heavy atom. The number of halogens is 1. The number of carbonyl (C=O) groups is 5. The van der Waals surface area contributed by atoms with Gasteiger partial charge in [0.25, 0.3) is 5.91 Å². The second kappa shape index (κ2) is 24.2. The highest BCUT2D eigenvalue weighted by Crippen LogP contribution is 2.34. The van der Waals surface area contributed by atoms with E-state index in [9.17, 15) is 33.5 Å². The molecule has 62 heavy (non-hydrogen) atoms. The SMILES string of the molecule is CCCCCCN(C[C@@](C=O)(NC(=O)[C@H]1C[C@H](C)CCN1C)[C@@H](C)CC)[C@H](C[C@@H](OC(C)=O)c1nc(C(=O)N[C@@H](Cc2ccc(NC)c(F)c2)CC(C)(C)C(=O)O)cs1)C(C)C. The highest BCUT2D eigenvalue weighted by atomic mass is 32.1. The summed E-state index contributed by atoms with van der Waals surface area (Å²) in [5.41, 5.74) is -1.40. The van der Waals surface area contributed by atoms with E-state index < -0.39 is 46.8 Å². The molecule has 7 atom stereocenters. The predicted octanol–water partition coefficient (Wildman–Crippen LogP) is 7.90. The molecular formula is C47H75FN6O7S. The molecule has 1 saturated heterocycles. The van der Waals surface area contributed by atoms with E-state index >= 15 is 0 Å². The van der Waals surface area contributed by atoms with Crippen molar-refractivity contribution in [2.24, 2.45) is 23.2 Å². The summed E-state index contributed by atoms with van der Waals surface area (Å²) < 4.78 is 20.7. The number of hydrogen-bond acceptors (Lipinski definition) is 11. The summed E-state index contributed by atoms with van der Waals surface area (Å²) in [5, 5.41) is 21.0. The Bertz CT molecular complexity index is 1790. The van der Waals surface area contributed by atoms with Crippen molar-refractivity contribution in [2.75, 3.05) is 39.0 Å². The average molecular weight is 887 g/mol. The van der Waals surface area contributed by atoms with Gasteiger partial charge in [-0.05, 0) is 102 Å². The van der Waals surface area contributed by atoms with Gasteiger partial charge in [0.15, 0.2) is 6.10 Å². The van der Waals surface area contributed by atoms with Crippen LogP contribution in [0.1, 0.15) is 147 Å². The molecular weight excluding hydrogens is 812 g/mol. The first-order valence-corrected chi connectivity index (χ1v) is 23.4. The first-order chi connectivity index (χ1) is 29.2. The summed E-state index contributed by atoms with van der Waals surface area (Å²) >= 11 is 1.19. The van der Waals surface area contributed by atoms with Crippen molar-refractivity contribution in [1.29, 1.82) is 0 Å². The van der Waals surface area contributed by atoms with Gasteiger partial charge in [-0.15, -0.1) is 11.3 Å². The summed E-state index contributed by atoms with van der Waals surface area (Å²) in [6, 6.07) is 3.46. The standard InChI is InChI=1S/C47H75FN6O7S/c1-12-14-15-16-20-54(28-47(29-55,32(6)13-2)52-43(58)40-22-31(5)19-21-53(40)11)39(30(3)4)25-41(61-33(7)56)44-51-38(27-62-44)42(57)50-35(26-46(8,9)45(59)60)23-34-17-18-37(49-10)36(48)24-34/h17-18,24,27,29-32,35,39-41,49H,12-16,19-23,25-26,28H2,1-11H3,(H,50,57)(H,52,58)(H,59,60)/t31-,32+,35+,39-,40-,41-,47+/m1/s1. The van der Waals surface area contributed by atoms with E-state index in [4.69, 9.17) is 9.72 Å². The lowest BCUT2D eigenvalue weighted by atomic mass is 9.81. The topological polar surface area (TPSA) is 170 Å². The molecule has 1 aromatic carbocycles. The van der Waals surface area contributed by atoms with Gasteiger partial charge in [0.2, 0.25) is 5.91 Å². The number of thiazole rings is 1. The number of anilines is 1. The van der Waals surface area contributed by atoms with Gasteiger partial charge >= 0.3 is 11.9 Å². The Balaban J connectivity index is 1.98. The van der Waals surface area contributed by atoms with Gasteiger partial charge in [-0.1, -0.05) is 73.3 Å². The average Bonchev–Trinajstić information content (AvgIpc) is 3.71. The Morgan fingerprint density at radius 2 is 1.85 bits per heavy atom. The molecule has 3 rings (SSSR count). The number of aliphatic carboxylic acids is 1. The normalized spacial score (nSPS) is 18.9. The van der Waals surface area contributed by atoms with Crippen LogP contribution in [0, 0.1) is 29.0 Å². The number of aromatic nitrogens is 1. The van der Waals surface area contributed by atoms with Crippen LogP contribution >= 0.6 is 11.3 Å². The van der Waals surface area contributed by atoms with Gasteiger partial charge in [-0.3, -0.25) is 29.0 Å². The third kappa shape index (κ3) is 14.8. The van der Waals surface area contributed by atoms with Crippen molar-refractivity contribution in [3.63, 3.8) is 0 Å². The molecule has 2 amide bonds. The van der Waals surface area contributed by atoms with Crippen molar-refractivity contribution < 1.29 is 38.2 Å². The number of nitrogens with one attached hydrogen (secondary N) is 3. The molecule has 1 fully saturated rings. The molecule has 0 spiro atoms. The number of rotatable bonds is 26. The number of carbonyl (C=O) groups excluding carboxylic acids is 4. The van der Waals surface area contributed by atoms with E-state index in [1.807, 2.05) is 20.9 Å². The molecule has 2 aromatic rings. The van der Waals surface area contributed by atoms with Gasteiger partial charge in [0, 0.05) is 44.4 Å². The van der Waals surface area contributed by atoms with E-state index in [1.165, 1.54) is 24.3 Å². The summed E-state index contributed by atoms with van der Waals surface area (Å²) in [6.07, 6.45) is 7.02. The number of amides is 2.